The van der Waals surface area contributed by atoms with Crippen LogP contribution in [0.2, 0.25) is 0 Å². The number of hydrogen-bond donors (Lipinski definition) is 2. The van der Waals surface area contributed by atoms with E-state index in [1.54, 1.807) is 0 Å². The Morgan fingerprint density at radius 1 is 1.11 bits per heavy atom. The molecule has 0 saturated carbocycles. The number of amides is 1. The van der Waals surface area contributed by atoms with Crippen LogP contribution in [0.15, 0.2) is 0 Å². The lowest BCUT2D eigenvalue weighted by atomic mass is 10.1. The smallest absolute Gasteiger partial charge is 0.409 e. The van der Waals surface area contributed by atoms with Crippen LogP contribution in [0.25, 0.3) is 0 Å². The maximum Gasteiger partial charge on any atom is 0.409 e. The van der Waals surface area contributed by atoms with Crippen LogP contribution in [0.3, 0.4) is 0 Å². The van der Waals surface area contributed by atoms with Crippen LogP contribution < -0.4 is 5.32 Å². The standard InChI is InChI=1S/C9H11F6NO3/c1-2-3-4(7(18)19)16-6(17)5(8(10,11)12)9(13,14)15/h4-5H,2-3H2,1H3,(H,16,17)(H,18,19). The van der Waals surface area contributed by atoms with Gasteiger partial charge in [0.25, 0.3) is 0 Å². The van der Waals surface area contributed by atoms with Crippen LogP contribution in [0.4, 0.5) is 26.3 Å². The number of hydrogen-bond acceptors (Lipinski definition) is 2. The zero-order valence-electron chi connectivity index (χ0n) is 9.60. The summed E-state index contributed by atoms with van der Waals surface area (Å²) in [5.74, 6) is -8.35. The quantitative estimate of drug-likeness (QED) is 0.763. The van der Waals surface area contributed by atoms with Crippen molar-refractivity contribution in [3.63, 3.8) is 0 Å². The van der Waals surface area contributed by atoms with Gasteiger partial charge in [-0.15, -0.1) is 0 Å². The molecule has 0 aromatic carbocycles. The van der Waals surface area contributed by atoms with Crippen molar-refractivity contribution in [2.45, 2.75) is 38.2 Å². The number of carboxylic acids is 1. The van der Waals surface area contributed by atoms with E-state index >= 15 is 0 Å². The van der Waals surface area contributed by atoms with E-state index in [-0.39, 0.29) is 12.8 Å². The first-order chi connectivity index (χ1) is 8.41. The summed E-state index contributed by atoms with van der Waals surface area (Å²) in [5.41, 5.74) is 0. The first-order valence-electron chi connectivity index (χ1n) is 5.07. The molecule has 1 unspecified atom stereocenters. The Balaban J connectivity index is 5.08. The molecular formula is C9H11F6NO3. The Labute approximate surface area is 103 Å². The van der Waals surface area contributed by atoms with Crippen molar-refractivity contribution in [2.24, 2.45) is 5.92 Å². The van der Waals surface area contributed by atoms with Gasteiger partial charge in [-0.05, 0) is 6.42 Å². The van der Waals surface area contributed by atoms with E-state index in [2.05, 4.69) is 0 Å². The molecule has 0 aromatic heterocycles. The molecule has 0 fully saturated rings. The van der Waals surface area contributed by atoms with Gasteiger partial charge in [0.05, 0.1) is 0 Å². The molecule has 0 spiro atoms. The summed E-state index contributed by atoms with van der Waals surface area (Å²) in [5, 5.41) is 9.82. The van der Waals surface area contributed by atoms with Crippen LogP contribution in [-0.4, -0.2) is 35.4 Å². The summed E-state index contributed by atoms with van der Waals surface area (Å²) >= 11 is 0. The molecule has 0 aromatic rings. The monoisotopic (exact) mass is 295 g/mol. The van der Waals surface area contributed by atoms with Gasteiger partial charge in [-0.2, -0.15) is 26.3 Å². The molecule has 4 nitrogen and oxygen atoms in total. The van der Waals surface area contributed by atoms with Crippen molar-refractivity contribution in [1.29, 1.82) is 0 Å². The second-order valence-corrected chi connectivity index (χ2v) is 3.70. The fourth-order valence-electron chi connectivity index (χ4n) is 1.28. The zero-order chi connectivity index (χ0) is 15.4. The molecule has 2 N–H and O–H groups in total. The fourth-order valence-corrected chi connectivity index (χ4v) is 1.28. The SMILES string of the molecule is CCCC(NC(=O)C(C(F)(F)F)C(F)(F)F)C(=O)O. The average Bonchev–Trinajstić information content (AvgIpc) is 2.11. The summed E-state index contributed by atoms with van der Waals surface area (Å²) in [6.07, 6.45) is -11.8. The number of rotatable bonds is 5. The molecule has 0 aliphatic carbocycles. The summed E-state index contributed by atoms with van der Waals surface area (Å²) in [6, 6.07) is -1.79. The molecule has 10 heteroatoms. The predicted octanol–water partition coefficient (Wildman–Crippen LogP) is 2.10. The van der Waals surface area contributed by atoms with Crippen molar-refractivity contribution < 1.29 is 41.0 Å². The van der Waals surface area contributed by atoms with Crippen LogP contribution in [0.1, 0.15) is 19.8 Å². The lowest BCUT2D eigenvalue weighted by Crippen LogP contribution is -2.52. The molecule has 1 amide bonds. The van der Waals surface area contributed by atoms with Crippen molar-refractivity contribution >= 4 is 11.9 Å². The number of carbonyl (C=O) groups excluding carboxylic acids is 1. The van der Waals surface area contributed by atoms with E-state index in [9.17, 15) is 35.9 Å². The van der Waals surface area contributed by atoms with E-state index in [1.165, 1.54) is 12.2 Å². The number of aliphatic carboxylic acids is 1. The topological polar surface area (TPSA) is 66.4 Å². The van der Waals surface area contributed by atoms with Crippen LogP contribution in [0.5, 0.6) is 0 Å². The van der Waals surface area contributed by atoms with Crippen molar-refractivity contribution in [3.8, 4) is 0 Å². The number of carbonyl (C=O) groups is 2. The lowest BCUT2D eigenvalue weighted by molar-refractivity contribution is -0.274. The molecule has 112 valence electrons. The predicted molar refractivity (Wildman–Crippen MR) is 50.1 cm³/mol. The molecular weight excluding hydrogens is 284 g/mol. The number of alkyl halides is 6. The van der Waals surface area contributed by atoms with Gasteiger partial charge in [-0.3, -0.25) is 4.79 Å². The van der Waals surface area contributed by atoms with Gasteiger partial charge in [0.1, 0.15) is 6.04 Å². The molecule has 0 bridgehead atoms. The Kier molecular flexibility index (Phi) is 5.63. The van der Waals surface area contributed by atoms with E-state index in [4.69, 9.17) is 5.11 Å². The normalized spacial score (nSPS) is 14.3. The molecule has 0 saturated heterocycles. The first-order valence-corrected chi connectivity index (χ1v) is 5.07. The van der Waals surface area contributed by atoms with Gasteiger partial charge >= 0.3 is 18.3 Å². The van der Waals surface area contributed by atoms with Gasteiger partial charge in [0, 0.05) is 0 Å². The number of carboxylic acid groups (broad SMARTS) is 1. The van der Waals surface area contributed by atoms with E-state index in [1.807, 2.05) is 0 Å². The Morgan fingerprint density at radius 2 is 1.53 bits per heavy atom. The second-order valence-electron chi connectivity index (χ2n) is 3.70. The van der Waals surface area contributed by atoms with Crippen LogP contribution in [0, 0.1) is 5.92 Å². The molecule has 0 rings (SSSR count). The molecule has 0 heterocycles. The summed E-state index contributed by atoms with van der Waals surface area (Å²) < 4.78 is 73.1. The van der Waals surface area contributed by atoms with Crippen molar-refractivity contribution in [3.05, 3.63) is 0 Å². The third-order valence-corrected chi connectivity index (χ3v) is 2.11. The van der Waals surface area contributed by atoms with Gasteiger partial charge in [0.2, 0.25) is 11.8 Å². The Hall–Kier alpha value is -1.48. The minimum atomic E-state index is -5.84. The molecule has 19 heavy (non-hydrogen) atoms. The summed E-state index contributed by atoms with van der Waals surface area (Å²) in [4.78, 5) is 21.6. The second kappa shape index (κ2) is 6.11. The Bertz CT molecular complexity index is 324. The summed E-state index contributed by atoms with van der Waals surface area (Å²) in [6.45, 7) is 1.47. The molecule has 0 aliphatic heterocycles. The number of nitrogens with one attached hydrogen (secondary N) is 1. The highest BCUT2D eigenvalue weighted by Crippen LogP contribution is 2.39. The third kappa shape index (κ3) is 5.35. The third-order valence-electron chi connectivity index (χ3n) is 2.11. The van der Waals surface area contributed by atoms with Gasteiger partial charge in [-0.25, -0.2) is 4.79 Å². The average molecular weight is 295 g/mol. The minimum Gasteiger partial charge on any atom is -0.480 e. The van der Waals surface area contributed by atoms with E-state index in [0.717, 1.165) is 0 Å². The van der Waals surface area contributed by atoms with Crippen molar-refractivity contribution in [2.75, 3.05) is 0 Å². The highest BCUT2D eigenvalue weighted by atomic mass is 19.4. The fraction of sp³-hybridized carbons (Fsp3) is 0.778. The first kappa shape index (κ1) is 17.5. The summed E-state index contributed by atoms with van der Waals surface area (Å²) in [7, 11) is 0. The van der Waals surface area contributed by atoms with Gasteiger partial charge in [0.15, 0.2) is 0 Å². The van der Waals surface area contributed by atoms with Gasteiger partial charge in [-0.1, -0.05) is 13.3 Å². The van der Waals surface area contributed by atoms with Crippen LogP contribution in [-0.2, 0) is 9.59 Å². The van der Waals surface area contributed by atoms with Crippen LogP contribution >= 0.6 is 0 Å². The highest BCUT2D eigenvalue weighted by molar-refractivity contribution is 5.85. The minimum absolute atomic E-state index is 0.167. The molecule has 0 radical (unpaired) electrons. The molecule has 1 atom stereocenters. The Morgan fingerprint density at radius 3 is 1.79 bits per heavy atom. The lowest BCUT2D eigenvalue weighted by Gasteiger charge is -2.23. The zero-order valence-corrected chi connectivity index (χ0v) is 9.60. The maximum absolute atomic E-state index is 12.2. The van der Waals surface area contributed by atoms with Crippen molar-refractivity contribution in [1.82, 2.24) is 5.32 Å². The van der Waals surface area contributed by atoms with Gasteiger partial charge < -0.3 is 10.4 Å². The maximum atomic E-state index is 12.2. The largest absolute Gasteiger partial charge is 0.480 e. The number of halogens is 6. The highest BCUT2D eigenvalue weighted by Gasteiger charge is 2.61. The van der Waals surface area contributed by atoms with E-state index < -0.39 is 36.2 Å². The molecule has 0 aliphatic rings. The van der Waals surface area contributed by atoms with E-state index in [0.29, 0.717) is 0 Å².